The van der Waals surface area contributed by atoms with Gasteiger partial charge < -0.3 is 4.74 Å². The molecule has 0 N–H and O–H groups in total. The summed E-state index contributed by atoms with van der Waals surface area (Å²) in [7, 11) is 0. The van der Waals surface area contributed by atoms with Gasteiger partial charge in [-0.15, -0.1) is 0 Å². The lowest BCUT2D eigenvalue weighted by molar-refractivity contribution is -0.120. The molecule has 0 saturated carbocycles. The van der Waals surface area contributed by atoms with Gasteiger partial charge in [0.05, 0.1) is 6.54 Å². The molecule has 3 rings (SSSR count). The average Bonchev–Trinajstić information content (AvgIpc) is 2.67. The Labute approximate surface area is 169 Å². The number of amides is 1. The number of ether oxygens (including phenoxy) is 1. The summed E-state index contributed by atoms with van der Waals surface area (Å²) in [4.78, 5) is 18.5. The zero-order valence-electron chi connectivity index (χ0n) is 14.1. The van der Waals surface area contributed by atoms with Crippen LogP contribution in [0.4, 0.5) is 10.2 Å². The molecule has 138 valence electrons. The highest BCUT2D eigenvalue weighted by Crippen LogP contribution is 2.22. The number of hydrogen-bond acceptors (Lipinski definition) is 3. The molecular weight excluding hydrogens is 435 g/mol. The highest BCUT2D eigenvalue weighted by molar-refractivity contribution is 9.10. The first-order chi connectivity index (χ1) is 13.0. The molecule has 0 aliphatic heterocycles. The Bertz CT molecular complexity index is 923. The van der Waals surface area contributed by atoms with E-state index in [0.29, 0.717) is 17.1 Å². The summed E-state index contributed by atoms with van der Waals surface area (Å²) in [6, 6.07) is 16.5. The quantitative estimate of drug-likeness (QED) is 0.516. The molecule has 1 amide bonds. The first-order valence-electron chi connectivity index (χ1n) is 8.06. The number of benzene rings is 2. The monoisotopic (exact) mass is 448 g/mol. The van der Waals surface area contributed by atoms with E-state index in [-0.39, 0.29) is 24.1 Å². The normalized spacial score (nSPS) is 10.5. The third kappa shape index (κ3) is 5.28. The van der Waals surface area contributed by atoms with Gasteiger partial charge in [0.15, 0.2) is 6.61 Å². The summed E-state index contributed by atoms with van der Waals surface area (Å²) in [6.07, 6.45) is 1.59. The van der Waals surface area contributed by atoms with Gasteiger partial charge >= 0.3 is 0 Å². The molecule has 2 aromatic carbocycles. The van der Waals surface area contributed by atoms with Crippen LogP contribution in [0, 0.1) is 5.82 Å². The van der Waals surface area contributed by atoms with Gasteiger partial charge in [0.2, 0.25) is 0 Å². The van der Waals surface area contributed by atoms with Crippen molar-refractivity contribution in [3.63, 3.8) is 0 Å². The Morgan fingerprint density at radius 3 is 2.59 bits per heavy atom. The highest BCUT2D eigenvalue weighted by Gasteiger charge is 2.19. The molecule has 0 radical (unpaired) electrons. The number of aromatic nitrogens is 1. The summed E-state index contributed by atoms with van der Waals surface area (Å²) in [5.41, 5.74) is 0.612. The van der Waals surface area contributed by atoms with Crippen LogP contribution in [-0.2, 0) is 11.3 Å². The lowest BCUT2D eigenvalue weighted by Crippen LogP contribution is -2.35. The molecule has 7 heteroatoms. The second-order valence-corrected chi connectivity index (χ2v) is 6.97. The van der Waals surface area contributed by atoms with Crippen molar-refractivity contribution in [2.24, 2.45) is 0 Å². The number of halogens is 3. The zero-order chi connectivity index (χ0) is 19.2. The van der Waals surface area contributed by atoms with E-state index >= 15 is 0 Å². The lowest BCUT2D eigenvalue weighted by atomic mass is 10.2. The zero-order valence-corrected chi connectivity index (χ0v) is 16.5. The summed E-state index contributed by atoms with van der Waals surface area (Å²) in [5, 5.41) is 0.248. The van der Waals surface area contributed by atoms with Gasteiger partial charge in [0.25, 0.3) is 5.91 Å². The molecular formula is C20H15BrClFN2O2. The Morgan fingerprint density at radius 1 is 1.15 bits per heavy atom. The fourth-order valence-corrected chi connectivity index (χ4v) is 2.88. The standard InChI is InChI=1S/C20H15BrClFN2O2/c21-15-5-8-17(9-6-15)27-13-20(26)25(19-3-1-2-10-24-19)12-14-4-7-16(23)11-18(14)22/h1-11H,12-13H2. The second-order valence-electron chi connectivity index (χ2n) is 5.65. The van der Waals surface area contributed by atoms with E-state index in [4.69, 9.17) is 16.3 Å². The van der Waals surface area contributed by atoms with Gasteiger partial charge in [-0.3, -0.25) is 9.69 Å². The van der Waals surface area contributed by atoms with Crippen LogP contribution in [-0.4, -0.2) is 17.5 Å². The van der Waals surface area contributed by atoms with E-state index in [1.54, 1.807) is 42.6 Å². The Morgan fingerprint density at radius 2 is 1.93 bits per heavy atom. The summed E-state index contributed by atoms with van der Waals surface area (Å²) >= 11 is 9.47. The van der Waals surface area contributed by atoms with E-state index in [0.717, 1.165) is 4.47 Å². The van der Waals surface area contributed by atoms with Crippen molar-refractivity contribution >= 4 is 39.3 Å². The Balaban J connectivity index is 1.79. The molecule has 0 saturated heterocycles. The number of anilines is 1. The minimum absolute atomic E-state index is 0.151. The maximum Gasteiger partial charge on any atom is 0.266 e. The van der Waals surface area contributed by atoms with Gasteiger partial charge in [0, 0.05) is 15.7 Å². The first-order valence-corrected chi connectivity index (χ1v) is 9.24. The van der Waals surface area contributed by atoms with E-state index in [1.807, 2.05) is 12.1 Å². The molecule has 0 aliphatic rings. The van der Waals surface area contributed by atoms with Crippen molar-refractivity contribution in [1.29, 1.82) is 0 Å². The number of hydrogen-bond donors (Lipinski definition) is 0. The highest BCUT2D eigenvalue weighted by atomic mass is 79.9. The number of nitrogens with zero attached hydrogens (tertiary/aromatic N) is 2. The first kappa shape index (κ1) is 19.3. The molecule has 0 fully saturated rings. The fourth-order valence-electron chi connectivity index (χ4n) is 2.38. The van der Waals surface area contributed by atoms with Crippen LogP contribution < -0.4 is 9.64 Å². The van der Waals surface area contributed by atoms with Crippen LogP contribution in [0.5, 0.6) is 5.75 Å². The van der Waals surface area contributed by atoms with Crippen LogP contribution in [0.15, 0.2) is 71.3 Å². The number of rotatable bonds is 6. The SMILES string of the molecule is O=C(COc1ccc(Br)cc1)N(Cc1ccc(F)cc1Cl)c1ccccn1. The van der Waals surface area contributed by atoms with Gasteiger partial charge in [0.1, 0.15) is 17.4 Å². The van der Waals surface area contributed by atoms with E-state index in [9.17, 15) is 9.18 Å². The van der Waals surface area contributed by atoms with Gasteiger partial charge in [-0.05, 0) is 54.1 Å². The molecule has 0 bridgehead atoms. The molecule has 0 unspecified atom stereocenters. The lowest BCUT2D eigenvalue weighted by Gasteiger charge is -2.22. The third-order valence-corrected chi connectivity index (χ3v) is 4.63. The van der Waals surface area contributed by atoms with Gasteiger partial charge in [-0.25, -0.2) is 9.37 Å². The molecule has 27 heavy (non-hydrogen) atoms. The molecule has 1 heterocycles. The fraction of sp³-hybridized carbons (Fsp3) is 0.100. The smallest absolute Gasteiger partial charge is 0.266 e. The van der Waals surface area contributed by atoms with Gasteiger partial charge in [-0.2, -0.15) is 0 Å². The average molecular weight is 450 g/mol. The van der Waals surface area contributed by atoms with Crippen LogP contribution in [0.2, 0.25) is 5.02 Å². The van der Waals surface area contributed by atoms with Crippen LogP contribution in [0.25, 0.3) is 0 Å². The van der Waals surface area contributed by atoms with Gasteiger partial charge in [-0.1, -0.05) is 39.7 Å². The maximum absolute atomic E-state index is 13.3. The molecule has 3 aromatic rings. The van der Waals surface area contributed by atoms with Crippen LogP contribution in [0.3, 0.4) is 0 Å². The Kier molecular flexibility index (Phi) is 6.42. The minimum Gasteiger partial charge on any atom is -0.484 e. The molecule has 0 atom stereocenters. The van der Waals surface area contributed by atoms with Crippen molar-refractivity contribution in [3.05, 3.63) is 87.7 Å². The summed E-state index contributed by atoms with van der Waals surface area (Å²) in [6.45, 7) is -0.0182. The number of carbonyl (C=O) groups excluding carboxylic acids is 1. The van der Waals surface area contributed by atoms with Crippen molar-refractivity contribution in [2.75, 3.05) is 11.5 Å². The van der Waals surface area contributed by atoms with E-state index in [2.05, 4.69) is 20.9 Å². The number of pyridine rings is 1. The van der Waals surface area contributed by atoms with Crippen LogP contribution in [0.1, 0.15) is 5.56 Å². The maximum atomic E-state index is 13.3. The van der Waals surface area contributed by atoms with E-state index in [1.165, 1.54) is 17.0 Å². The third-order valence-electron chi connectivity index (χ3n) is 3.75. The molecule has 0 spiro atoms. The minimum atomic E-state index is -0.432. The molecule has 0 aliphatic carbocycles. The van der Waals surface area contributed by atoms with Crippen LogP contribution >= 0.6 is 27.5 Å². The second kappa shape index (κ2) is 8.97. The van der Waals surface area contributed by atoms with Crippen molar-refractivity contribution in [2.45, 2.75) is 6.54 Å². The van der Waals surface area contributed by atoms with E-state index < -0.39 is 5.82 Å². The number of carbonyl (C=O) groups is 1. The Hall–Kier alpha value is -2.44. The predicted molar refractivity (Wildman–Crippen MR) is 106 cm³/mol. The van der Waals surface area contributed by atoms with Crippen molar-refractivity contribution in [3.8, 4) is 5.75 Å². The largest absolute Gasteiger partial charge is 0.484 e. The van der Waals surface area contributed by atoms with Crippen molar-refractivity contribution < 1.29 is 13.9 Å². The predicted octanol–water partition coefficient (Wildman–Crippen LogP) is 5.25. The summed E-state index contributed by atoms with van der Waals surface area (Å²) < 4.78 is 19.8. The summed E-state index contributed by atoms with van der Waals surface area (Å²) in [5.74, 6) is 0.310. The molecule has 1 aromatic heterocycles. The topological polar surface area (TPSA) is 42.4 Å². The van der Waals surface area contributed by atoms with Crippen molar-refractivity contribution in [1.82, 2.24) is 4.98 Å². The molecule has 4 nitrogen and oxygen atoms in total.